The number of hydrogen-bond acceptors (Lipinski definition) is 4. The smallest absolute Gasteiger partial charge is 0.290 e. The first-order chi connectivity index (χ1) is 10.6. The van der Waals surface area contributed by atoms with E-state index < -0.39 is 0 Å². The molecule has 2 heterocycles. The van der Waals surface area contributed by atoms with Crippen LogP contribution in [0.5, 0.6) is 0 Å². The van der Waals surface area contributed by atoms with Gasteiger partial charge in [-0.3, -0.25) is 14.5 Å². The molecule has 2 rings (SSSR count). The molecule has 1 fully saturated rings. The van der Waals surface area contributed by atoms with Crippen LogP contribution >= 0.6 is 11.3 Å². The van der Waals surface area contributed by atoms with Crippen molar-refractivity contribution in [1.29, 1.82) is 0 Å². The van der Waals surface area contributed by atoms with Crippen molar-refractivity contribution in [3.8, 4) is 0 Å². The zero-order chi connectivity index (χ0) is 16.4. The Morgan fingerprint density at radius 1 is 1.32 bits per heavy atom. The molecule has 0 radical (unpaired) electrons. The summed E-state index contributed by atoms with van der Waals surface area (Å²) in [6.07, 6.45) is 3.32. The monoisotopic (exact) mass is 324 g/mol. The van der Waals surface area contributed by atoms with Crippen LogP contribution in [0.3, 0.4) is 0 Å². The standard InChI is InChI=1S/C15H22N2OS.CH2O2/c1-13(2)4-8-16-6-3-7-17(10-9-16)15(18)14-5-11-19-12-14;2-1-3/h4-5,11-12H,3,6-10H2,1-2H3;1H,(H,2,3). The normalized spacial score (nSPS) is 15.3. The average molecular weight is 324 g/mol. The molecular weight excluding hydrogens is 300 g/mol. The summed E-state index contributed by atoms with van der Waals surface area (Å²) < 4.78 is 0. The lowest BCUT2D eigenvalue weighted by atomic mass is 10.3. The molecule has 1 N–H and O–H groups in total. The molecule has 22 heavy (non-hydrogen) atoms. The van der Waals surface area contributed by atoms with Crippen LogP contribution in [0.2, 0.25) is 0 Å². The summed E-state index contributed by atoms with van der Waals surface area (Å²) in [6, 6.07) is 1.92. The first-order valence-electron chi connectivity index (χ1n) is 7.33. The van der Waals surface area contributed by atoms with E-state index in [9.17, 15) is 4.79 Å². The average Bonchev–Trinajstić information content (AvgIpc) is 2.91. The minimum absolute atomic E-state index is 0.185. The number of nitrogens with zero attached hydrogens (tertiary/aromatic N) is 2. The number of allylic oxidation sites excluding steroid dienone is 1. The molecule has 0 aromatic carbocycles. The summed E-state index contributed by atoms with van der Waals surface area (Å²) in [6.45, 7) is 8.78. The predicted molar refractivity (Wildman–Crippen MR) is 89.4 cm³/mol. The van der Waals surface area contributed by atoms with Crippen LogP contribution in [-0.2, 0) is 4.79 Å². The zero-order valence-electron chi connectivity index (χ0n) is 13.2. The molecule has 0 aliphatic carbocycles. The molecule has 5 nitrogen and oxygen atoms in total. The van der Waals surface area contributed by atoms with Crippen molar-refractivity contribution in [3.05, 3.63) is 34.0 Å². The van der Waals surface area contributed by atoms with Crippen LogP contribution in [0.1, 0.15) is 30.6 Å². The Morgan fingerprint density at radius 3 is 2.64 bits per heavy atom. The largest absolute Gasteiger partial charge is 0.483 e. The Bertz CT molecular complexity index is 482. The van der Waals surface area contributed by atoms with Gasteiger partial charge in [-0.25, -0.2) is 0 Å². The number of carboxylic acid groups (broad SMARTS) is 1. The third-order valence-corrected chi connectivity index (χ3v) is 4.08. The first kappa shape index (κ1) is 18.4. The summed E-state index contributed by atoms with van der Waals surface area (Å²) in [5.41, 5.74) is 2.19. The van der Waals surface area contributed by atoms with Crippen molar-refractivity contribution in [2.75, 3.05) is 32.7 Å². The molecule has 1 aliphatic heterocycles. The first-order valence-corrected chi connectivity index (χ1v) is 8.27. The third-order valence-electron chi connectivity index (χ3n) is 3.40. The van der Waals surface area contributed by atoms with Crippen LogP contribution in [0.25, 0.3) is 0 Å². The van der Waals surface area contributed by atoms with Crippen LogP contribution in [0.4, 0.5) is 0 Å². The van der Waals surface area contributed by atoms with E-state index in [4.69, 9.17) is 9.90 Å². The zero-order valence-corrected chi connectivity index (χ0v) is 14.0. The number of hydrogen-bond donors (Lipinski definition) is 1. The molecule has 6 heteroatoms. The second-order valence-corrected chi connectivity index (χ2v) is 6.13. The maximum absolute atomic E-state index is 12.3. The Hall–Kier alpha value is -1.66. The fraction of sp³-hybridized carbons (Fsp3) is 0.500. The summed E-state index contributed by atoms with van der Waals surface area (Å²) >= 11 is 1.58. The van der Waals surface area contributed by atoms with Crippen LogP contribution in [-0.4, -0.2) is 60.0 Å². The Balaban J connectivity index is 0.000000745. The lowest BCUT2D eigenvalue weighted by Crippen LogP contribution is -2.35. The van der Waals surface area contributed by atoms with E-state index in [2.05, 4.69) is 24.8 Å². The topological polar surface area (TPSA) is 60.9 Å². The van der Waals surface area contributed by atoms with Gasteiger partial charge in [-0.1, -0.05) is 11.6 Å². The van der Waals surface area contributed by atoms with Gasteiger partial charge >= 0.3 is 0 Å². The van der Waals surface area contributed by atoms with Crippen molar-refractivity contribution in [1.82, 2.24) is 9.80 Å². The van der Waals surface area contributed by atoms with Crippen LogP contribution < -0.4 is 0 Å². The van der Waals surface area contributed by atoms with Gasteiger partial charge < -0.3 is 10.0 Å². The van der Waals surface area contributed by atoms with Crippen molar-refractivity contribution < 1.29 is 14.7 Å². The maximum atomic E-state index is 12.3. The molecule has 1 aliphatic rings. The van der Waals surface area contributed by atoms with E-state index in [0.29, 0.717) is 0 Å². The molecule has 122 valence electrons. The molecule has 1 saturated heterocycles. The molecule has 1 amide bonds. The minimum Gasteiger partial charge on any atom is -0.483 e. The number of amides is 1. The van der Waals surface area contributed by atoms with Gasteiger partial charge in [0.25, 0.3) is 12.4 Å². The van der Waals surface area contributed by atoms with E-state index >= 15 is 0 Å². The van der Waals surface area contributed by atoms with Crippen molar-refractivity contribution >= 4 is 23.7 Å². The number of carbonyl (C=O) groups excluding carboxylic acids is 1. The Kier molecular flexibility index (Phi) is 8.47. The van der Waals surface area contributed by atoms with E-state index in [1.807, 2.05) is 21.7 Å². The fourth-order valence-electron chi connectivity index (χ4n) is 2.24. The predicted octanol–water partition coefficient (Wildman–Crippen LogP) is 2.56. The quantitative estimate of drug-likeness (QED) is 0.686. The summed E-state index contributed by atoms with van der Waals surface area (Å²) in [5.74, 6) is 0.185. The van der Waals surface area contributed by atoms with Gasteiger partial charge in [0.1, 0.15) is 0 Å². The second kappa shape index (κ2) is 10.1. The van der Waals surface area contributed by atoms with Crippen molar-refractivity contribution in [2.45, 2.75) is 20.3 Å². The second-order valence-electron chi connectivity index (χ2n) is 5.35. The lowest BCUT2D eigenvalue weighted by molar-refractivity contribution is -0.122. The lowest BCUT2D eigenvalue weighted by Gasteiger charge is -2.21. The van der Waals surface area contributed by atoms with Gasteiger partial charge in [0.05, 0.1) is 5.56 Å². The summed E-state index contributed by atoms with van der Waals surface area (Å²) in [7, 11) is 0. The molecule has 0 saturated carbocycles. The maximum Gasteiger partial charge on any atom is 0.290 e. The van der Waals surface area contributed by atoms with Crippen LogP contribution in [0.15, 0.2) is 28.5 Å². The highest BCUT2D eigenvalue weighted by Crippen LogP contribution is 2.12. The highest BCUT2D eigenvalue weighted by Gasteiger charge is 2.19. The van der Waals surface area contributed by atoms with Gasteiger partial charge in [0, 0.05) is 38.1 Å². The fourth-order valence-corrected chi connectivity index (χ4v) is 2.87. The minimum atomic E-state index is -0.250. The summed E-state index contributed by atoms with van der Waals surface area (Å²) in [4.78, 5) is 25.1. The molecule has 1 aromatic heterocycles. The molecule has 0 atom stereocenters. The molecule has 0 unspecified atom stereocenters. The SMILES string of the molecule is CC(C)=CCN1CCCN(C(=O)c2ccsc2)CC1.O=CO. The van der Waals surface area contributed by atoms with E-state index in [-0.39, 0.29) is 12.4 Å². The number of rotatable bonds is 3. The van der Waals surface area contributed by atoms with Crippen molar-refractivity contribution in [3.63, 3.8) is 0 Å². The Labute approximate surface area is 135 Å². The highest BCUT2D eigenvalue weighted by atomic mass is 32.1. The number of thiophene rings is 1. The molecule has 0 spiro atoms. The van der Waals surface area contributed by atoms with E-state index in [1.54, 1.807) is 11.3 Å². The van der Waals surface area contributed by atoms with E-state index in [0.717, 1.165) is 44.7 Å². The molecule has 1 aromatic rings. The third kappa shape index (κ3) is 6.41. The van der Waals surface area contributed by atoms with Crippen LogP contribution in [0, 0.1) is 0 Å². The van der Waals surface area contributed by atoms with Gasteiger partial charge in [-0.2, -0.15) is 11.3 Å². The van der Waals surface area contributed by atoms with E-state index in [1.165, 1.54) is 5.57 Å². The molecule has 0 bridgehead atoms. The summed E-state index contributed by atoms with van der Waals surface area (Å²) in [5, 5.41) is 10.8. The molecular formula is C16H24N2O3S. The van der Waals surface area contributed by atoms with Crippen molar-refractivity contribution in [2.24, 2.45) is 0 Å². The van der Waals surface area contributed by atoms with Gasteiger partial charge in [-0.15, -0.1) is 0 Å². The van der Waals surface area contributed by atoms with Gasteiger partial charge in [-0.05, 0) is 31.7 Å². The highest BCUT2D eigenvalue weighted by molar-refractivity contribution is 7.08. The van der Waals surface area contributed by atoms with Gasteiger partial charge in [0.15, 0.2) is 0 Å². The number of carbonyl (C=O) groups is 2. The van der Waals surface area contributed by atoms with Gasteiger partial charge in [0.2, 0.25) is 0 Å². The Morgan fingerprint density at radius 2 is 2.05 bits per heavy atom.